The summed E-state index contributed by atoms with van der Waals surface area (Å²) in [5.41, 5.74) is 1.03. The maximum atomic E-state index is 9.24. The van der Waals surface area contributed by atoms with Crippen molar-refractivity contribution < 1.29 is 9.84 Å². The normalized spacial score (nSPS) is 21.4. The molecule has 4 nitrogen and oxygen atoms in total. The highest BCUT2D eigenvalue weighted by Crippen LogP contribution is 2.28. The number of aryl methyl sites for hydroxylation is 1. The number of ether oxygens (including phenoxy) is 1. The fourth-order valence-electron chi connectivity index (χ4n) is 1.90. The summed E-state index contributed by atoms with van der Waals surface area (Å²) in [6.07, 6.45) is 1.15. The first-order chi connectivity index (χ1) is 7.74. The second kappa shape index (κ2) is 5.12. The van der Waals surface area contributed by atoms with E-state index in [0.717, 1.165) is 41.8 Å². The summed E-state index contributed by atoms with van der Waals surface area (Å²) in [4.78, 5) is 7.83. The maximum absolute atomic E-state index is 9.24. The van der Waals surface area contributed by atoms with E-state index in [2.05, 4.69) is 23.7 Å². The third-order valence-electron chi connectivity index (χ3n) is 2.76. The Kier molecular flexibility index (Phi) is 3.78. The molecule has 0 bridgehead atoms. The van der Waals surface area contributed by atoms with Crippen molar-refractivity contribution in [3.63, 3.8) is 0 Å². The third kappa shape index (κ3) is 2.36. The minimum atomic E-state index is 0.0979. The van der Waals surface area contributed by atoms with Crippen molar-refractivity contribution in [2.45, 2.75) is 33.0 Å². The average Bonchev–Trinajstić information content (AvgIpc) is 2.72. The van der Waals surface area contributed by atoms with Gasteiger partial charge in [0.2, 0.25) is 0 Å². The van der Waals surface area contributed by atoms with Crippen LogP contribution in [0, 0.1) is 0 Å². The summed E-state index contributed by atoms with van der Waals surface area (Å²) in [7, 11) is 0. The van der Waals surface area contributed by atoms with Crippen LogP contribution in [0.15, 0.2) is 0 Å². The van der Waals surface area contributed by atoms with E-state index in [1.807, 2.05) is 0 Å². The predicted molar refractivity (Wildman–Crippen MR) is 65.0 cm³/mol. The predicted octanol–water partition coefficient (Wildman–Crippen LogP) is 1.42. The molecule has 5 heteroatoms. The zero-order chi connectivity index (χ0) is 11.5. The Morgan fingerprint density at radius 2 is 2.44 bits per heavy atom. The van der Waals surface area contributed by atoms with Crippen LogP contribution in [0.25, 0.3) is 0 Å². The van der Waals surface area contributed by atoms with Crippen LogP contribution in [0.2, 0.25) is 0 Å². The van der Waals surface area contributed by atoms with Crippen LogP contribution in [0.3, 0.4) is 0 Å². The van der Waals surface area contributed by atoms with Gasteiger partial charge in [-0.25, -0.2) is 4.98 Å². The Labute approximate surface area is 99.9 Å². The van der Waals surface area contributed by atoms with E-state index in [1.165, 1.54) is 0 Å². The lowest BCUT2D eigenvalue weighted by Gasteiger charge is -2.30. The van der Waals surface area contributed by atoms with E-state index in [0.29, 0.717) is 0 Å². The van der Waals surface area contributed by atoms with Crippen molar-refractivity contribution in [2.24, 2.45) is 0 Å². The molecular formula is C11H18N2O2S. The number of aliphatic hydroxyl groups excluding tert-OH is 1. The monoisotopic (exact) mass is 242 g/mol. The molecule has 0 spiro atoms. The Morgan fingerprint density at radius 3 is 3.00 bits per heavy atom. The number of aromatic nitrogens is 1. The molecule has 1 aliphatic heterocycles. The summed E-state index contributed by atoms with van der Waals surface area (Å²) in [5.74, 6) is 0. The molecule has 0 amide bonds. The highest BCUT2D eigenvalue weighted by Gasteiger charge is 2.20. The van der Waals surface area contributed by atoms with E-state index in [1.54, 1.807) is 11.3 Å². The number of anilines is 1. The quantitative estimate of drug-likeness (QED) is 0.871. The lowest BCUT2D eigenvalue weighted by Crippen LogP contribution is -2.41. The van der Waals surface area contributed by atoms with Gasteiger partial charge < -0.3 is 14.7 Å². The molecule has 1 aromatic heterocycles. The fourth-order valence-corrected chi connectivity index (χ4v) is 2.94. The van der Waals surface area contributed by atoms with Gasteiger partial charge in [-0.2, -0.15) is 0 Å². The standard InChI is InChI=1S/C11H18N2O2S/c1-3-9-10(7-14)16-11(12-9)13-4-5-15-8(2)6-13/h8,14H,3-7H2,1-2H3. The molecule has 1 aromatic rings. The van der Waals surface area contributed by atoms with Crippen molar-refractivity contribution in [1.82, 2.24) is 4.98 Å². The summed E-state index contributed by atoms with van der Waals surface area (Å²) >= 11 is 1.60. The molecule has 1 unspecified atom stereocenters. The molecule has 1 saturated heterocycles. The van der Waals surface area contributed by atoms with Crippen LogP contribution >= 0.6 is 11.3 Å². The second-order valence-corrected chi connectivity index (χ2v) is 5.07. The molecule has 16 heavy (non-hydrogen) atoms. The zero-order valence-electron chi connectivity index (χ0n) is 9.77. The Bertz CT molecular complexity index is 332. The van der Waals surface area contributed by atoms with Gasteiger partial charge in [0.1, 0.15) is 0 Å². The number of hydrogen-bond donors (Lipinski definition) is 1. The Balaban J connectivity index is 2.16. The largest absolute Gasteiger partial charge is 0.391 e. The van der Waals surface area contributed by atoms with Crippen molar-refractivity contribution in [1.29, 1.82) is 0 Å². The molecule has 2 heterocycles. The number of thiazole rings is 1. The van der Waals surface area contributed by atoms with Crippen molar-refractivity contribution in [3.8, 4) is 0 Å². The van der Waals surface area contributed by atoms with Crippen LogP contribution < -0.4 is 4.90 Å². The first kappa shape index (κ1) is 11.8. The van der Waals surface area contributed by atoms with Gasteiger partial charge in [-0.15, -0.1) is 0 Å². The summed E-state index contributed by atoms with van der Waals surface area (Å²) in [5, 5.41) is 10.3. The molecule has 2 rings (SSSR count). The molecule has 1 N–H and O–H groups in total. The van der Waals surface area contributed by atoms with Crippen molar-refractivity contribution >= 4 is 16.5 Å². The van der Waals surface area contributed by atoms with Gasteiger partial charge >= 0.3 is 0 Å². The second-order valence-electron chi connectivity index (χ2n) is 4.01. The first-order valence-electron chi connectivity index (χ1n) is 5.70. The van der Waals surface area contributed by atoms with Gasteiger partial charge in [-0.1, -0.05) is 18.3 Å². The first-order valence-corrected chi connectivity index (χ1v) is 6.52. The van der Waals surface area contributed by atoms with Gasteiger partial charge in [-0.3, -0.25) is 0 Å². The van der Waals surface area contributed by atoms with Crippen LogP contribution in [-0.4, -0.2) is 35.9 Å². The molecule has 1 fully saturated rings. The van der Waals surface area contributed by atoms with E-state index >= 15 is 0 Å². The zero-order valence-corrected chi connectivity index (χ0v) is 10.6. The van der Waals surface area contributed by atoms with Gasteiger partial charge in [0.25, 0.3) is 0 Å². The molecule has 0 saturated carbocycles. The van der Waals surface area contributed by atoms with E-state index in [9.17, 15) is 5.11 Å². The molecule has 1 aliphatic rings. The average molecular weight is 242 g/mol. The van der Waals surface area contributed by atoms with E-state index in [-0.39, 0.29) is 12.7 Å². The molecular weight excluding hydrogens is 224 g/mol. The van der Waals surface area contributed by atoms with Gasteiger partial charge in [0.05, 0.1) is 29.9 Å². The molecule has 0 aromatic carbocycles. The lowest BCUT2D eigenvalue weighted by molar-refractivity contribution is 0.0532. The van der Waals surface area contributed by atoms with Crippen molar-refractivity contribution in [3.05, 3.63) is 10.6 Å². The Morgan fingerprint density at radius 1 is 1.62 bits per heavy atom. The number of hydrogen-bond acceptors (Lipinski definition) is 5. The van der Waals surface area contributed by atoms with Crippen molar-refractivity contribution in [2.75, 3.05) is 24.6 Å². The van der Waals surface area contributed by atoms with Gasteiger partial charge in [0, 0.05) is 13.1 Å². The van der Waals surface area contributed by atoms with E-state index in [4.69, 9.17) is 4.74 Å². The van der Waals surface area contributed by atoms with Crippen LogP contribution in [-0.2, 0) is 17.8 Å². The van der Waals surface area contributed by atoms with Crippen LogP contribution in [0.4, 0.5) is 5.13 Å². The molecule has 90 valence electrons. The summed E-state index contributed by atoms with van der Waals surface area (Å²) in [6.45, 7) is 6.79. The van der Waals surface area contributed by atoms with Gasteiger partial charge in [-0.05, 0) is 13.3 Å². The summed E-state index contributed by atoms with van der Waals surface area (Å²) in [6, 6.07) is 0. The van der Waals surface area contributed by atoms with Crippen LogP contribution in [0.1, 0.15) is 24.4 Å². The molecule has 0 radical (unpaired) electrons. The Hall–Kier alpha value is -0.650. The highest BCUT2D eigenvalue weighted by atomic mass is 32.1. The minimum absolute atomic E-state index is 0.0979. The number of morpholine rings is 1. The maximum Gasteiger partial charge on any atom is 0.186 e. The SMILES string of the molecule is CCc1nc(N2CCOC(C)C2)sc1CO. The topological polar surface area (TPSA) is 45.6 Å². The number of rotatable bonds is 3. The molecule has 0 aliphatic carbocycles. The third-order valence-corrected chi connectivity index (χ3v) is 3.90. The minimum Gasteiger partial charge on any atom is -0.391 e. The van der Waals surface area contributed by atoms with E-state index < -0.39 is 0 Å². The number of nitrogens with zero attached hydrogens (tertiary/aromatic N) is 2. The van der Waals surface area contributed by atoms with Gasteiger partial charge in [0.15, 0.2) is 5.13 Å². The highest BCUT2D eigenvalue weighted by molar-refractivity contribution is 7.15. The molecule has 1 atom stereocenters. The summed E-state index contributed by atoms with van der Waals surface area (Å²) < 4.78 is 5.51. The lowest BCUT2D eigenvalue weighted by atomic mass is 10.3. The fraction of sp³-hybridized carbons (Fsp3) is 0.727. The smallest absolute Gasteiger partial charge is 0.186 e. The number of aliphatic hydroxyl groups is 1. The van der Waals surface area contributed by atoms with Crippen LogP contribution in [0.5, 0.6) is 0 Å².